The quantitative estimate of drug-likeness (QED) is 0.712. The number of hydrogen-bond donors (Lipinski definition) is 2. The molecule has 0 aliphatic carbocycles. The van der Waals surface area contributed by atoms with Crippen LogP contribution < -0.4 is 11.1 Å². The van der Waals surface area contributed by atoms with Crippen molar-refractivity contribution in [1.29, 1.82) is 0 Å². The first-order chi connectivity index (χ1) is 10.6. The van der Waals surface area contributed by atoms with Crippen LogP contribution in [0.5, 0.6) is 0 Å². The van der Waals surface area contributed by atoms with Crippen LogP contribution in [0.2, 0.25) is 0 Å². The summed E-state index contributed by atoms with van der Waals surface area (Å²) in [4.78, 5) is 0. The van der Waals surface area contributed by atoms with Crippen LogP contribution in [-0.2, 0) is 12.8 Å². The third-order valence-electron chi connectivity index (χ3n) is 3.89. The van der Waals surface area contributed by atoms with Crippen molar-refractivity contribution in [3.63, 3.8) is 0 Å². The Morgan fingerprint density at radius 1 is 0.955 bits per heavy atom. The summed E-state index contributed by atoms with van der Waals surface area (Å²) in [7, 11) is 0. The zero-order valence-electron chi connectivity index (χ0n) is 13.1. The van der Waals surface area contributed by atoms with Crippen molar-refractivity contribution in [2.24, 2.45) is 5.73 Å². The van der Waals surface area contributed by atoms with Crippen molar-refractivity contribution >= 4 is 20.2 Å². The monoisotopic (exact) mass is 360 g/mol. The van der Waals surface area contributed by atoms with Gasteiger partial charge in [-0.05, 0) is 0 Å². The summed E-state index contributed by atoms with van der Waals surface area (Å²) >= 11 is 2.91. The van der Waals surface area contributed by atoms with Crippen molar-refractivity contribution in [3.05, 3.63) is 71.8 Å². The molecule has 0 bridgehead atoms. The average molecular weight is 359 g/mol. The van der Waals surface area contributed by atoms with Gasteiger partial charge in [0, 0.05) is 0 Å². The molecule has 0 aliphatic heterocycles. The van der Waals surface area contributed by atoms with Crippen LogP contribution in [0, 0.1) is 0 Å². The number of nitrogens with one attached hydrogen (secondary N) is 1. The summed E-state index contributed by atoms with van der Waals surface area (Å²) in [6.45, 7) is 2.22. The van der Waals surface area contributed by atoms with E-state index in [0.717, 1.165) is 25.7 Å². The Morgan fingerprint density at radius 2 is 1.41 bits per heavy atom. The number of rotatable bonds is 8. The zero-order valence-corrected chi connectivity index (χ0v) is 14.8. The first-order valence-corrected chi connectivity index (χ1v) is 8.65. The molecule has 3 heteroatoms. The van der Waals surface area contributed by atoms with E-state index in [9.17, 15) is 0 Å². The number of nitrogens with two attached hydrogens (primary N) is 1. The van der Waals surface area contributed by atoms with E-state index in [0.29, 0.717) is 4.67 Å². The maximum atomic E-state index is 5.97. The molecule has 0 spiro atoms. The van der Waals surface area contributed by atoms with E-state index in [4.69, 9.17) is 5.73 Å². The standard InChI is InChI=1S/C19H24N2Se/c1-2-13-19(21-18(20)22,14-16-9-5-3-6-10-16)15-17-11-7-4-8-12-17/h3-12H,2,13-15H2,1H3,(H3,20,21,22). The van der Waals surface area contributed by atoms with Gasteiger partial charge in [-0.15, -0.1) is 0 Å². The predicted octanol–water partition coefficient (Wildman–Crippen LogP) is 2.81. The molecule has 0 fully saturated rings. The topological polar surface area (TPSA) is 38.0 Å². The summed E-state index contributed by atoms with van der Waals surface area (Å²) in [6.07, 6.45) is 4.09. The first-order valence-electron chi connectivity index (χ1n) is 7.79. The molecule has 0 saturated carbocycles. The van der Waals surface area contributed by atoms with Crippen molar-refractivity contribution in [2.45, 2.75) is 38.1 Å². The molecule has 2 aromatic carbocycles. The fourth-order valence-electron chi connectivity index (χ4n) is 3.10. The minimum absolute atomic E-state index is 0.0627. The molecular formula is C19H24N2Se. The molecule has 0 amide bonds. The average Bonchev–Trinajstić information content (AvgIpc) is 2.48. The van der Waals surface area contributed by atoms with Gasteiger partial charge in [0.2, 0.25) is 0 Å². The van der Waals surface area contributed by atoms with Crippen LogP contribution in [0.15, 0.2) is 60.7 Å². The molecule has 0 aliphatic rings. The van der Waals surface area contributed by atoms with Crippen molar-refractivity contribution in [3.8, 4) is 0 Å². The van der Waals surface area contributed by atoms with Gasteiger partial charge in [0.25, 0.3) is 0 Å². The maximum absolute atomic E-state index is 5.97. The molecule has 0 unspecified atom stereocenters. The summed E-state index contributed by atoms with van der Waals surface area (Å²) in [5.74, 6) is 0. The minimum atomic E-state index is -0.0627. The Kier molecular flexibility index (Phi) is 6.23. The summed E-state index contributed by atoms with van der Waals surface area (Å²) < 4.78 is 0.667. The van der Waals surface area contributed by atoms with Crippen LogP contribution in [0.1, 0.15) is 30.9 Å². The van der Waals surface area contributed by atoms with Gasteiger partial charge in [-0.1, -0.05) is 0 Å². The Labute approximate surface area is 141 Å². The number of benzene rings is 2. The molecule has 0 atom stereocenters. The van der Waals surface area contributed by atoms with Gasteiger partial charge < -0.3 is 0 Å². The van der Waals surface area contributed by atoms with Gasteiger partial charge in [0.05, 0.1) is 0 Å². The van der Waals surface area contributed by atoms with Crippen molar-refractivity contribution < 1.29 is 0 Å². The van der Waals surface area contributed by atoms with Gasteiger partial charge in [-0.3, -0.25) is 0 Å². The fourth-order valence-corrected chi connectivity index (χ4v) is 3.56. The second-order valence-electron chi connectivity index (χ2n) is 5.84. The second-order valence-corrected chi connectivity index (χ2v) is 6.77. The van der Waals surface area contributed by atoms with E-state index in [1.807, 2.05) is 0 Å². The molecule has 22 heavy (non-hydrogen) atoms. The van der Waals surface area contributed by atoms with Gasteiger partial charge in [-0.2, -0.15) is 0 Å². The van der Waals surface area contributed by atoms with Gasteiger partial charge in [-0.25, -0.2) is 0 Å². The molecule has 0 aromatic heterocycles. The Hall–Kier alpha value is -1.57. The first kappa shape index (κ1) is 16.8. The normalized spacial score (nSPS) is 11.1. The summed E-state index contributed by atoms with van der Waals surface area (Å²) in [5, 5.41) is 3.53. The molecule has 3 N–H and O–H groups in total. The zero-order chi connectivity index (χ0) is 15.8. The van der Waals surface area contributed by atoms with Crippen LogP contribution >= 0.6 is 0 Å². The Bertz CT molecular complexity index is 539. The molecule has 0 saturated heterocycles. The van der Waals surface area contributed by atoms with Gasteiger partial charge >= 0.3 is 141 Å². The van der Waals surface area contributed by atoms with E-state index < -0.39 is 0 Å². The molecule has 0 radical (unpaired) electrons. The number of hydrogen-bond acceptors (Lipinski definition) is 2. The second kappa shape index (κ2) is 8.16. The third-order valence-corrected chi connectivity index (χ3v) is 4.10. The van der Waals surface area contributed by atoms with Gasteiger partial charge in [0.15, 0.2) is 0 Å². The SMILES string of the molecule is CCCC(Cc1ccccc1)(Cc1ccccc1)NC(N)=[Se]. The van der Waals surface area contributed by atoms with E-state index in [1.54, 1.807) is 0 Å². The van der Waals surface area contributed by atoms with Crippen LogP contribution in [-0.4, -0.2) is 25.8 Å². The van der Waals surface area contributed by atoms with E-state index >= 15 is 0 Å². The van der Waals surface area contributed by atoms with E-state index in [1.165, 1.54) is 11.1 Å². The van der Waals surface area contributed by atoms with Crippen molar-refractivity contribution in [1.82, 2.24) is 5.32 Å². The van der Waals surface area contributed by atoms with Crippen LogP contribution in [0.3, 0.4) is 0 Å². The summed E-state index contributed by atoms with van der Waals surface area (Å²) in [5.41, 5.74) is 8.57. The molecule has 0 heterocycles. The molecular weight excluding hydrogens is 335 g/mol. The van der Waals surface area contributed by atoms with Gasteiger partial charge in [0.1, 0.15) is 0 Å². The predicted molar refractivity (Wildman–Crippen MR) is 96.0 cm³/mol. The van der Waals surface area contributed by atoms with Crippen LogP contribution in [0.4, 0.5) is 0 Å². The third kappa shape index (κ3) is 5.01. The van der Waals surface area contributed by atoms with Crippen molar-refractivity contribution in [2.75, 3.05) is 0 Å². The van der Waals surface area contributed by atoms with E-state index in [2.05, 4.69) is 88.5 Å². The molecule has 2 aromatic rings. The van der Waals surface area contributed by atoms with Crippen LogP contribution in [0.25, 0.3) is 0 Å². The fraction of sp³-hybridized carbons (Fsp3) is 0.316. The Morgan fingerprint density at radius 3 is 1.77 bits per heavy atom. The molecule has 2 rings (SSSR count). The molecule has 116 valence electrons. The summed E-state index contributed by atoms with van der Waals surface area (Å²) in [6, 6.07) is 21.3. The van der Waals surface area contributed by atoms with E-state index in [-0.39, 0.29) is 5.54 Å². The molecule has 2 nitrogen and oxygen atoms in total. The Balaban J connectivity index is 2.30.